The second-order valence-corrected chi connectivity index (χ2v) is 4.63. The van der Waals surface area contributed by atoms with Crippen molar-refractivity contribution in [2.24, 2.45) is 0 Å². The van der Waals surface area contributed by atoms with E-state index in [1.807, 2.05) is 0 Å². The summed E-state index contributed by atoms with van der Waals surface area (Å²) in [5, 5.41) is 29.5. The molecule has 4 unspecified atom stereocenters. The average molecular weight is 289 g/mol. The molecule has 5 N–H and O–H groups in total. The van der Waals surface area contributed by atoms with E-state index in [0.717, 1.165) is 4.57 Å². The molecule has 0 bridgehead atoms. The summed E-state index contributed by atoms with van der Waals surface area (Å²) in [6, 6.07) is 1.30. The summed E-state index contributed by atoms with van der Waals surface area (Å²) in [4.78, 5) is 15.2. The zero-order valence-electron chi connectivity index (χ0n) is 10.5. The van der Waals surface area contributed by atoms with Gasteiger partial charge in [0, 0.05) is 12.6 Å². The Morgan fingerprint density at radius 1 is 1.60 bits per heavy atom. The summed E-state index contributed by atoms with van der Waals surface area (Å²) in [7, 11) is 0. The molecule has 0 amide bonds. The number of rotatable bonds is 4. The normalized spacial score (nSPS) is 33.5. The van der Waals surface area contributed by atoms with E-state index >= 15 is 0 Å². The molecule has 0 spiro atoms. The van der Waals surface area contributed by atoms with E-state index in [4.69, 9.17) is 15.6 Å². The van der Waals surface area contributed by atoms with Gasteiger partial charge in [0.05, 0.1) is 13.3 Å². The Morgan fingerprint density at radius 3 is 2.85 bits per heavy atom. The van der Waals surface area contributed by atoms with Crippen molar-refractivity contribution in [3.05, 3.63) is 22.7 Å². The van der Waals surface area contributed by atoms with Crippen LogP contribution in [0.15, 0.2) is 17.1 Å². The molecule has 0 aliphatic carbocycles. The van der Waals surface area contributed by atoms with Gasteiger partial charge in [0.25, 0.3) is 0 Å². The molecule has 1 saturated heterocycles. The molecule has 1 aliphatic rings. The van der Waals surface area contributed by atoms with Gasteiger partial charge in [-0.1, -0.05) is 0 Å². The molecule has 0 aromatic carbocycles. The van der Waals surface area contributed by atoms with E-state index in [1.54, 1.807) is 0 Å². The zero-order chi connectivity index (χ0) is 14.9. The number of anilines is 1. The monoisotopic (exact) mass is 289 g/mol. The van der Waals surface area contributed by atoms with Crippen LogP contribution in [-0.2, 0) is 4.74 Å². The van der Waals surface area contributed by atoms with E-state index in [9.17, 15) is 19.4 Å². The molecule has 112 valence electrons. The van der Waals surface area contributed by atoms with Crippen LogP contribution in [0.25, 0.3) is 0 Å². The lowest BCUT2D eigenvalue weighted by Gasteiger charge is -2.30. The van der Waals surface area contributed by atoms with E-state index < -0.39 is 49.4 Å². The van der Waals surface area contributed by atoms with Crippen molar-refractivity contribution in [2.75, 3.05) is 19.0 Å². The maximum absolute atomic E-state index is 12.6. The van der Waals surface area contributed by atoms with Gasteiger partial charge in [0.2, 0.25) is 0 Å². The molecule has 1 aromatic rings. The zero-order valence-corrected chi connectivity index (χ0v) is 10.5. The lowest BCUT2D eigenvalue weighted by Crippen LogP contribution is -2.49. The first-order chi connectivity index (χ1) is 9.43. The second kappa shape index (κ2) is 5.44. The molecule has 1 fully saturated rings. The number of aromatic nitrogens is 2. The van der Waals surface area contributed by atoms with Gasteiger partial charge in [-0.2, -0.15) is 4.98 Å². The van der Waals surface area contributed by atoms with Crippen molar-refractivity contribution < 1.29 is 24.4 Å². The van der Waals surface area contributed by atoms with Crippen LogP contribution in [0.5, 0.6) is 0 Å². The van der Waals surface area contributed by atoms with Gasteiger partial charge in [-0.3, -0.25) is 8.96 Å². The highest BCUT2D eigenvalue weighted by molar-refractivity contribution is 5.24. The van der Waals surface area contributed by atoms with E-state index in [1.165, 1.54) is 12.3 Å². The van der Waals surface area contributed by atoms with Crippen molar-refractivity contribution >= 4 is 5.82 Å². The predicted molar refractivity (Wildman–Crippen MR) is 65.5 cm³/mol. The van der Waals surface area contributed by atoms with Crippen molar-refractivity contribution in [3.63, 3.8) is 0 Å². The minimum Gasteiger partial charge on any atom is -0.394 e. The van der Waals surface area contributed by atoms with Crippen LogP contribution in [0.3, 0.4) is 0 Å². The van der Waals surface area contributed by atoms with Crippen LogP contribution < -0.4 is 11.4 Å². The van der Waals surface area contributed by atoms with Gasteiger partial charge < -0.3 is 25.8 Å². The number of nitrogen functional groups attached to an aromatic ring is 1. The molecule has 9 heteroatoms. The SMILES string of the molecule is Nc1ccn(C2OC(CO)C(O)C2(O)CCF)c(=O)n1. The Labute approximate surface area is 113 Å². The number of alkyl halides is 1. The highest BCUT2D eigenvalue weighted by Crippen LogP contribution is 2.40. The van der Waals surface area contributed by atoms with Gasteiger partial charge in [-0.25, -0.2) is 4.79 Å². The molecule has 8 nitrogen and oxygen atoms in total. The van der Waals surface area contributed by atoms with Crippen molar-refractivity contribution in [2.45, 2.75) is 30.5 Å². The maximum atomic E-state index is 12.6. The molecule has 0 radical (unpaired) electrons. The molecule has 4 atom stereocenters. The second-order valence-electron chi connectivity index (χ2n) is 4.63. The van der Waals surface area contributed by atoms with Crippen molar-refractivity contribution in [3.8, 4) is 0 Å². The fraction of sp³-hybridized carbons (Fsp3) is 0.636. The molecule has 0 saturated carbocycles. The predicted octanol–water partition coefficient (Wildman–Crippen LogP) is -1.83. The number of nitrogens with zero attached hydrogens (tertiary/aromatic N) is 2. The van der Waals surface area contributed by atoms with Gasteiger partial charge in [-0.15, -0.1) is 0 Å². The first kappa shape index (κ1) is 14.9. The largest absolute Gasteiger partial charge is 0.394 e. The molecule has 20 heavy (non-hydrogen) atoms. The Morgan fingerprint density at radius 2 is 2.30 bits per heavy atom. The molecule has 2 rings (SSSR count). The fourth-order valence-corrected chi connectivity index (χ4v) is 2.30. The van der Waals surface area contributed by atoms with Gasteiger partial charge in [0.1, 0.15) is 23.6 Å². The first-order valence-electron chi connectivity index (χ1n) is 6.01. The Balaban J connectivity index is 2.45. The number of aliphatic hydroxyl groups excluding tert-OH is 2. The molecular weight excluding hydrogens is 273 g/mol. The van der Waals surface area contributed by atoms with Gasteiger partial charge in [-0.05, 0) is 6.07 Å². The number of aliphatic hydroxyl groups is 3. The van der Waals surface area contributed by atoms with E-state index in [-0.39, 0.29) is 5.82 Å². The Kier molecular flexibility index (Phi) is 4.04. The van der Waals surface area contributed by atoms with Crippen LogP contribution in [0, 0.1) is 0 Å². The van der Waals surface area contributed by atoms with Crippen LogP contribution in [0.2, 0.25) is 0 Å². The van der Waals surface area contributed by atoms with E-state index in [2.05, 4.69) is 4.98 Å². The van der Waals surface area contributed by atoms with E-state index in [0.29, 0.717) is 0 Å². The number of hydrogen-bond donors (Lipinski definition) is 4. The van der Waals surface area contributed by atoms with Crippen molar-refractivity contribution in [1.29, 1.82) is 0 Å². The maximum Gasteiger partial charge on any atom is 0.351 e. The summed E-state index contributed by atoms with van der Waals surface area (Å²) >= 11 is 0. The van der Waals surface area contributed by atoms with Gasteiger partial charge in [0.15, 0.2) is 6.23 Å². The minimum absolute atomic E-state index is 0.0162. The average Bonchev–Trinajstić information content (AvgIpc) is 2.63. The number of hydrogen-bond acceptors (Lipinski definition) is 7. The third kappa shape index (κ3) is 2.29. The summed E-state index contributed by atoms with van der Waals surface area (Å²) in [6.45, 7) is -1.51. The molecular formula is C11H16FN3O5. The van der Waals surface area contributed by atoms with Crippen LogP contribution in [-0.4, -0.2) is 56.0 Å². The minimum atomic E-state index is -2.04. The summed E-state index contributed by atoms with van der Waals surface area (Å²) in [5.74, 6) is -0.0162. The topological polar surface area (TPSA) is 131 Å². The molecule has 1 aliphatic heterocycles. The fourth-order valence-electron chi connectivity index (χ4n) is 2.30. The number of ether oxygens (including phenoxy) is 1. The highest BCUT2D eigenvalue weighted by Gasteiger charge is 2.55. The summed E-state index contributed by atoms with van der Waals surface area (Å²) < 4.78 is 18.8. The third-order valence-corrected chi connectivity index (χ3v) is 3.37. The highest BCUT2D eigenvalue weighted by atomic mass is 19.1. The number of halogens is 1. The van der Waals surface area contributed by atoms with Crippen molar-refractivity contribution in [1.82, 2.24) is 9.55 Å². The summed E-state index contributed by atoms with van der Waals surface area (Å²) in [5.41, 5.74) is 2.51. The quantitative estimate of drug-likeness (QED) is 0.512. The first-order valence-corrected chi connectivity index (χ1v) is 6.01. The van der Waals surface area contributed by atoms with Crippen LogP contribution in [0.4, 0.5) is 10.2 Å². The standard InChI is InChI=1S/C11H16FN3O5/c12-3-2-11(19)8(17)6(5-16)20-9(11)15-4-1-7(13)14-10(15)18/h1,4,6,8-9,16-17,19H,2-3,5H2,(H2,13,14,18). The van der Waals surface area contributed by atoms with Gasteiger partial charge >= 0.3 is 5.69 Å². The molecule has 2 heterocycles. The third-order valence-electron chi connectivity index (χ3n) is 3.37. The van der Waals surface area contributed by atoms with Crippen LogP contribution in [0.1, 0.15) is 12.6 Å². The molecule has 1 aromatic heterocycles. The smallest absolute Gasteiger partial charge is 0.351 e. The van der Waals surface area contributed by atoms with Crippen LogP contribution >= 0.6 is 0 Å². The Hall–Kier alpha value is -1.55. The Bertz CT molecular complexity index is 539. The number of nitrogens with two attached hydrogens (primary N) is 1. The lowest BCUT2D eigenvalue weighted by atomic mass is 9.91. The summed E-state index contributed by atoms with van der Waals surface area (Å²) in [6.07, 6.45) is -3.23. The lowest BCUT2D eigenvalue weighted by molar-refractivity contribution is -0.117.